The second-order valence-electron chi connectivity index (χ2n) is 6.05. The maximum atomic E-state index is 12.3. The summed E-state index contributed by atoms with van der Waals surface area (Å²) in [7, 11) is 2.66. The van der Waals surface area contributed by atoms with Gasteiger partial charge in [-0.05, 0) is 26.0 Å². The van der Waals surface area contributed by atoms with Gasteiger partial charge in [0, 0.05) is 19.7 Å². The Morgan fingerprint density at radius 2 is 1.93 bits per heavy atom. The van der Waals surface area contributed by atoms with Crippen molar-refractivity contribution in [2.75, 3.05) is 40.3 Å². The van der Waals surface area contributed by atoms with Crippen LogP contribution >= 0.6 is 24.0 Å². The van der Waals surface area contributed by atoms with E-state index in [0.29, 0.717) is 35.4 Å². The van der Waals surface area contributed by atoms with Gasteiger partial charge in [-0.2, -0.15) is 13.2 Å². The van der Waals surface area contributed by atoms with E-state index in [1.807, 2.05) is 19.9 Å². The quantitative estimate of drug-likeness (QED) is 0.291. The zero-order chi connectivity index (χ0) is 21.2. The molecule has 1 rings (SSSR count). The van der Waals surface area contributed by atoms with E-state index in [4.69, 9.17) is 9.47 Å². The lowest BCUT2D eigenvalue weighted by Gasteiger charge is -2.19. The molecule has 2 N–H and O–H groups in total. The fourth-order valence-corrected chi connectivity index (χ4v) is 2.16. The molecule has 0 aliphatic heterocycles. The number of likely N-dealkylation sites (N-methyl/N-ethyl adjacent to an activating group) is 1. The Kier molecular flexibility index (Phi) is 12.4. The number of aliphatic imine (C=N–C) groups is 1. The van der Waals surface area contributed by atoms with Crippen LogP contribution in [0.5, 0.6) is 11.5 Å². The van der Waals surface area contributed by atoms with E-state index in [2.05, 4.69) is 15.6 Å². The van der Waals surface area contributed by atoms with Crippen LogP contribution in [0.4, 0.5) is 13.2 Å². The largest absolute Gasteiger partial charge is 0.497 e. The molecule has 0 aliphatic carbocycles. The summed E-state index contributed by atoms with van der Waals surface area (Å²) in [5.41, 5.74) is 0. The van der Waals surface area contributed by atoms with Gasteiger partial charge in [-0.15, -0.1) is 24.0 Å². The Hall–Kier alpha value is -1.92. The van der Waals surface area contributed by atoms with Crippen molar-refractivity contribution in [2.24, 2.45) is 4.99 Å². The molecule has 11 heteroatoms. The first kappa shape index (κ1) is 27.1. The first-order valence-electron chi connectivity index (χ1n) is 8.78. The third kappa shape index (κ3) is 11.6. The summed E-state index contributed by atoms with van der Waals surface area (Å²) >= 11 is 0. The van der Waals surface area contributed by atoms with Gasteiger partial charge in [0.15, 0.2) is 5.96 Å². The smallest absolute Gasteiger partial charge is 0.406 e. The zero-order valence-electron chi connectivity index (χ0n) is 16.9. The van der Waals surface area contributed by atoms with Crippen molar-refractivity contribution in [3.8, 4) is 11.5 Å². The minimum Gasteiger partial charge on any atom is -0.497 e. The summed E-state index contributed by atoms with van der Waals surface area (Å²) in [6, 6.07) is 7.17. The molecule has 1 atom stereocenters. The number of benzene rings is 1. The number of carbonyl (C=O) groups is 1. The molecule has 0 spiro atoms. The van der Waals surface area contributed by atoms with Gasteiger partial charge >= 0.3 is 6.18 Å². The summed E-state index contributed by atoms with van der Waals surface area (Å²) in [6.07, 6.45) is -4.68. The normalized spacial score (nSPS) is 12.4. The van der Waals surface area contributed by atoms with Crippen LogP contribution in [0, 0.1) is 0 Å². The Morgan fingerprint density at radius 3 is 2.52 bits per heavy atom. The van der Waals surface area contributed by atoms with Crippen molar-refractivity contribution >= 4 is 35.8 Å². The van der Waals surface area contributed by atoms with Crippen molar-refractivity contribution in [1.82, 2.24) is 15.5 Å². The standard InChI is InChI=1S/C18H27F3N4O3.HI/c1-5-22-17(24-11-16(26)25(3)12-18(19,20)21)23-10-13(2)28-15-8-6-7-14(9-15)27-4;/h6-9,13H,5,10-12H2,1-4H3,(H2,22,23,24);1H. The number of nitrogens with one attached hydrogen (secondary N) is 2. The maximum absolute atomic E-state index is 12.3. The molecule has 1 unspecified atom stereocenters. The first-order valence-corrected chi connectivity index (χ1v) is 8.78. The minimum atomic E-state index is -4.44. The number of nitrogens with zero attached hydrogens (tertiary/aromatic N) is 2. The van der Waals surface area contributed by atoms with Gasteiger partial charge in [-0.1, -0.05) is 6.07 Å². The minimum absolute atomic E-state index is 0. The topological polar surface area (TPSA) is 75.2 Å². The van der Waals surface area contributed by atoms with Gasteiger partial charge in [0.05, 0.1) is 13.7 Å². The molecule has 0 saturated carbocycles. The highest BCUT2D eigenvalue weighted by atomic mass is 127. The number of alkyl halides is 3. The monoisotopic (exact) mass is 532 g/mol. The molecule has 7 nitrogen and oxygen atoms in total. The average Bonchev–Trinajstić information content (AvgIpc) is 2.62. The summed E-state index contributed by atoms with van der Waals surface area (Å²) in [5.74, 6) is 0.904. The maximum Gasteiger partial charge on any atom is 0.406 e. The molecule has 0 radical (unpaired) electrons. The lowest BCUT2D eigenvalue weighted by Crippen LogP contribution is -2.43. The predicted octanol–water partition coefficient (Wildman–Crippen LogP) is 2.66. The fourth-order valence-electron chi connectivity index (χ4n) is 2.16. The Balaban J connectivity index is 0.00000784. The Bertz CT molecular complexity index is 659. The number of hydrogen-bond acceptors (Lipinski definition) is 4. The van der Waals surface area contributed by atoms with Crippen LogP contribution < -0.4 is 20.1 Å². The third-order valence-electron chi connectivity index (χ3n) is 3.49. The number of methoxy groups -OCH3 is 1. The molecular weight excluding hydrogens is 504 g/mol. The molecule has 1 amide bonds. The van der Waals surface area contributed by atoms with Crippen LogP contribution in [0.25, 0.3) is 0 Å². The van der Waals surface area contributed by atoms with E-state index >= 15 is 0 Å². The van der Waals surface area contributed by atoms with E-state index in [1.165, 1.54) is 0 Å². The molecule has 166 valence electrons. The molecule has 0 saturated heterocycles. The molecule has 1 aromatic rings. The highest BCUT2D eigenvalue weighted by Gasteiger charge is 2.31. The lowest BCUT2D eigenvalue weighted by molar-refractivity contribution is -0.157. The van der Waals surface area contributed by atoms with Gasteiger partial charge in [0.1, 0.15) is 30.7 Å². The van der Waals surface area contributed by atoms with Gasteiger partial charge in [0.25, 0.3) is 0 Å². The van der Waals surface area contributed by atoms with Crippen LogP contribution in [0.3, 0.4) is 0 Å². The summed E-state index contributed by atoms with van der Waals surface area (Å²) in [4.78, 5) is 16.4. The van der Waals surface area contributed by atoms with Crippen molar-refractivity contribution in [2.45, 2.75) is 26.1 Å². The van der Waals surface area contributed by atoms with Crippen molar-refractivity contribution < 1.29 is 27.4 Å². The van der Waals surface area contributed by atoms with E-state index < -0.39 is 25.2 Å². The van der Waals surface area contributed by atoms with Gasteiger partial charge in [0.2, 0.25) is 5.91 Å². The molecule has 0 aromatic heterocycles. The summed E-state index contributed by atoms with van der Waals surface area (Å²) in [6.45, 7) is 2.88. The number of carbonyl (C=O) groups excluding carboxylic acids is 1. The van der Waals surface area contributed by atoms with E-state index in [9.17, 15) is 18.0 Å². The second kappa shape index (κ2) is 13.3. The summed E-state index contributed by atoms with van der Waals surface area (Å²) < 4.78 is 48.0. The van der Waals surface area contributed by atoms with E-state index in [1.54, 1.807) is 25.3 Å². The first-order chi connectivity index (χ1) is 13.1. The van der Waals surface area contributed by atoms with Crippen LogP contribution in [0.15, 0.2) is 29.3 Å². The number of halogens is 4. The number of guanidine groups is 1. The van der Waals surface area contributed by atoms with Gasteiger partial charge < -0.3 is 25.0 Å². The van der Waals surface area contributed by atoms with Crippen LogP contribution in [0.2, 0.25) is 0 Å². The predicted molar refractivity (Wildman–Crippen MR) is 116 cm³/mol. The molecule has 0 heterocycles. The summed E-state index contributed by atoms with van der Waals surface area (Å²) in [5, 5.41) is 5.93. The molecule has 1 aromatic carbocycles. The highest BCUT2D eigenvalue weighted by molar-refractivity contribution is 14.0. The van der Waals surface area contributed by atoms with Crippen LogP contribution in [-0.2, 0) is 4.79 Å². The number of amides is 1. The average molecular weight is 532 g/mol. The van der Waals surface area contributed by atoms with Crippen molar-refractivity contribution in [3.05, 3.63) is 24.3 Å². The second-order valence-corrected chi connectivity index (χ2v) is 6.05. The third-order valence-corrected chi connectivity index (χ3v) is 3.49. The van der Waals surface area contributed by atoms with Crippen LogP contribution in [-0.4, -0.2) is 69.4 Å². The fraction of sp³-hybridized carbons (Fsp3) is 0.556. The number of hydrogen-bond donors (Lipinski definition) is 2. The molecular formula is C18H28F3IN4O3. The molecule has 29 heavy (non-hydrogen) atoms. The Labute approximate surface area is 186 Å². The molecule has 0 bridgehead atoms. The number of ether oxygens (including phenoxy) is 2. The van der Waals surface area contributed by atoms with Gasteiger partial charge in [-0.3, -0.25) is 4.79 Å². The zero-order valence-corrected chi connectivity index (χ0v) is 19.2. The molecule has 0 aliphatic rings. The van der Waals surface area contributed by atoms with Crippen molar-refractivity contribution in [3.63, 3.8) is 0 Å². The number of rotatable bonds is 9. The van der Waals surface area contributed by atoms with Crippen LogP contribution in [0.1, 0.15) is 13.8 Å². The highest BCUT2D eigenvalue weighted by Crippen LogP contribution is 2.19. The Morgan fingerprint density at radius 1 is 1.28 bits per heavy atom. The SMILES string of the molecule is CCNC(=NCC(=O)N(C)CC(F)(F)F)NCC(C)Oc1cccc(OC)c1.I. The van der Waals surface area contributed by atoms with E-state index in [0.717, 1.165) is 7.05 Å². The van der Waals surface area contributed by atoms with Crippen molar-refractivity contribution in [1.29, 1.82) is 0 Å². The lowest BCUT2D eigenvalue weighted by atomic mass is 10.3. The molecule has 0 fully saturated rings. The van der Waals surface area contributed by atoms with Gasteiger partial charge in [-0.25, -0.2) is 4.99 Å². The van der Waals surface area contributed by atoms with E-state index in [-0.39, 0.29) is 30.1 Å².